The van der Waals surface area contributed by atoms with Crippen LogP contribution in [0.15, 0.2) is 70.6 Å². The number of amides is 2. The third-order valence-corrected chi connectivity index (χ3v) is 5.16. The Bertz CT molecular complexity index is 989. The molecule has 24 heavy (non-hydrogen) atoms. The minimum Gasteiger partial charge on any atom is -0.361 e. The van der Waals surface area contributed by atoms with Crippen molar-refractivity contribution in [2.24, 2.45) is 0 Å². The van der Waals surface area contributed by atoms with E-state index < -0.39 is 0 Å². The van der Waals surface area contributed by atoms with Crippen molar-refractivity contribution in [1.82, 2.24) is 9.88 Å². The smallest absolute Gasteiger partial charge is 0.268 e. The van der Waals surface area contributed by atoms with E-state index in [1.165, 1.54) is 23.7 Å². The van der Waals surface area contributed by atoms with Crippen molar-refractivity contribution in [1.29, 1.82) is 0 Å². The van der Waals surface area contributed by atoms with Crippen LogP contribution in [-0.4, -0.2) is 28.7 Å². The zero-order chi connectivity index (χ0) is 16.7. The molecule has 2 heterocycles. The molecule has 4 nitrogen and oxygen atoms in total. The number of benzene rings is 2. The Labute approximate surface area is 143 Å². The van der Waals surface area contributed by atoms with Crippen LogP contribution in [-0.2, 0) is 9.59 Å². The molecule has 0 fully saturated rings. The standard InChI is InChI=1S/C19H14N2O2S/c1-21-18(22)16(14-11-20-15-10-6-5-9-13(14)15)17(19(21)23)24-12-7-3-2-4-8-12/h2-11,20H,1H3. The van der Waals surface area contributed by atoms with Crippen molar-refractivity contribution in [3.05, 3.63) is 71.3 Å². The molecule has 5 heteroatoms. The number of likely N-dealkylation sites (N-methyl/N-ethyl adjacent to an activating group) is 1. The number of thioether (sulfide) groups is 1. The molecule has 0 saturated heterocycles. The Morgan fingerprint density at radius 3 is 2.42 bits per heavy atom. The fraction of sp³-hybridized carbons (Fsp3) is 0.0526. The summed E-state index contributed by atoms with van der Waals surface area (Å²) in [6.45, 7) is 0. The number of carbonyl (C=O) groups is 2. The SMILES string of the molecule is CN1C(=O)C(Sc2ccccc2)=C(c2c[nH]c3ccccc23)C1=O. The second kappa shape index (κ2) is 5.69. The summed E-state index contributed by atoms with van der Waals surface area (Å²) in [5.41, 5.74) is 2.18. The van der Waals surface area contributed by atoms with E-state index in [1.807, 2.05) is 54.6 Å². The highest BCUT2D eigenvalue weighted by Gasteiger charge is 2.37. The number of rotatable bonds is 3. The first-order valence-electron chi connectivity index (χ1n) is 7.53. The Kier molecular flexibility index (Phi) is 3.50. The van der Waals surface area contributed by atoms with Gasteiger partial charge in [0.1, 0.15) is 0 Å². The number of fused-ring (bicyclic) bond motifs is 1. The van der Waals surface area contributed by atoms with E-state index in [2.05, 4.69) is 4.98 Å². The highest BCUT2D eigenvalue weighted by atomic mass is 32.2. The number of nitrogens with zero attached hydrogens (tertiary/aromatic N) is 1. The molecule has 0 bridgehead atoms. The van der Waals surface area contributed by atoms with Gasteiger partial charge in [0, 0.05) is 34.6 Å². The molecule has 0 unspecified atom stereocenters. The Hall–Kier alpha value is -2.79. The van der Waals surface area contributed by atoms with Gasteiger partial charge in [0.05, 0.1) is 10.5 Å². The number of imide groups is 1. The van der Waals surface area contributed by atoms with Gasteiger partial charge in [-0.2, -0.15) is 0 Å². The van der Waals surface area contributed by atoms with Gasteiger partial charge in [0.25, 0.3) is 11.8 Å². The molecule has 2 aromatic carbocycles. The molecular weight excluding hydrogens is 320 g/mol. The maximum atomic E-state index is 12.7. The predicted octanol–water partition coefficient (Wildman–Crippen LogP) is 3.67. The molecule has 1 aliphatic rings. The molecule has 0 aliphatic carbocycles. The number of para-hydroxylation sites is 1. The van der Waals surface area contributed by atoms with Crippen LogP contribution in [0.1, 0.15) is 5.56 Å². The molecule has 0 atom stereocenters. The van der Waals surface area contributed by atoms with Gasteiger partial charge in [-0.1, -0.05) is 48.2 Å². The average Bonchev–Trinajstić information content (AvgIpc) is 3.12. The summed E-state index contributed by atoms with van der Waals surface area (Å²) < 4.78 is 0. The van der Waals surface area contributed by atoms with E-state index in [1.54, 1.807) is 6.20 Å². The van der Waals surface area contributed by atoms with E-state index in [0.717, 1.165) is 21.4 Å². The van der Waals surface area contributed by atoms with Crippen LogP contribution in [0.3, 0.4) is 0 Å². The van der Waals surface area contributed by atoms with Gasteiger partial charge in [-0.3, -0.25) is 14.5 Å². The summed E-state index contributed by atoms with van der Waals surface area (Å²) in [5, 5.41) is 0.940. The van der Waals surface area contributed by atoms with Gasteiger partial charge in [0.2, 0.25) is 0 Å². The summed E-state index contributed by atoms with van der Waals surface area (Å²) in [4.78, 5) is 31.0. The number of H-pyrrole nitrogens is 1. The van der Waals surface area contributed by atoms with Crippen molar-refractivity contribution < 1.29 is 9.59 Å². The maximum Gasteiger partial charge on any atom is 0.268 e. The predicted molar refractivity (Wildman–Crippen MR) is 95.3 cm³/mol. The van der Waals surface area contributed by atoms with Gasteiger partial charge in [0.15, 0.2) is 0 Å². The fourth-order valence-corrected chi connectivity index (χ4v) is 3.89. The van der Waals surface area contributed by atoms with Gasteiger partial charge >= 0.3 is 0 Å². The summed E-state index contributed by atoms with van der Waals surface area (Å²) >= 11 is 1.34. The van der Waals surface area contributed by atoms with Crippen LogP contribution in [0.2, 0.25) is 0 Å². The summed E-state index contributed by atoms with van der Waals surface area (Å²) in [7, 11) is 1.53. The van der Waals surface area contributed by atoms with Crippen LogP contribution in [0.25, 0.3) is 16.5 Å². The lowest BCUT2D eigenvalue weighted by Gasteiger charge is -2.06. The number of hydrogen-bond donors (Lipinski definition) is 1. The zero-order valence-electron chi connectivity index (χ0n) is 12.9. The van der Waals surface area contributed by atoms with Crippen LogP contribution in [0.4, 0.5) is 0 Å². The second-order valence-electron chi connectivity index (χ2n) is 5.54. The van der Waals surface area contributed by atoms with E-state index in [4.69, 9.17) is 0 Å². The monoisotopic (exact) mass is 334 g/mol. The van der Waals surface area contributed by atoms with Crippen LogP contribution >= 0.6 is 11.8 Å². The topological polar surface area (TPSA) is 53.2 Å². The summed E-state index contributed by atoms with van der Waals surface area (Å²) in [5.74, 6) is -0.516. The zero-order valence-corrected chi connectivity index (χ0v) is 13.8. The lowest BCUT2D eigenvalue weighted by atomic mass is 10.1. The third kappa shape index (κ3) is 2.25. The van der Waals surface area contributed by atoms with Crippen molar-refractivity contribution in [3.63, 3.8) is 0 Å². The largest absolute Gasteiger partial charge is 0.361 e. The van der Waals surface area contributed by atoms with Gasteiger partial charge in [-0.05, 0) is 18.2 Å². The number of hydrogen-bond acceptors (Lipinski definition) is 3. The fourth-order valence-electron chi connectivity index (χ4n) is 2.83. The molecular formula is C19H14N2O2S. The molecule has 1 aromatic heterocycles. The Balaban J connectivity index is 1.90. The molecule has 3 aromatic rings. The molecule has 2 amide bonds. The lowest BCUT2D eigenvalue weighted by molar-refractivity contribution is -0.134. The third-order valence-electron chi connectivity index (χ3n) is 4.07. The minimum absolute atomic E-state index is 0.255. The highest BCUT2D eigenvalue weighted by Crippen LogP contribution is 2.40. The Morgan fingerprint density at radius 2 is 1.62 bits per heavy atom. The molecule has 4 rings (SSSR count). The second-order valence-corrected chi connectivity index (χ2v) is 6.62. The molecule has 0 spiro atoms. The van der Waals surface area contributed by atoms with Crippen LogP contribution in [0, 0.1) is 0 Å². The molecule has 0 radical (unpaired) electrons. The van der Waals surface area contributed by atoms with Crippen LogP contribution < -0.4 is 0 Å². The normalized spacial score (nSPS) is 15.0. The first-order valence-corrected chi connectivity index (χ1v) is 8.34. The summed E-state index contributed by atoms with van der Waals surface area (Å²) in [6, 6.07) is 17.4. The minimum atomic E-state index is -0.261. The van der Waals surface area contributed by atoms with Crippen molar-refractivity contribution in [2.75, 3.05) is 7.05 Å². The van der Waals surface area contributed by atoms with Crippen LogP contribution in [0.5, 0.6) is 0 Å². The van der Waals surface area contributed by atoms with Gasteiger partial charge in [-0.25, -0.2) is 0 Å². The van der Waals surface area contributed by atoms with Gasteiger partial charge < -0.3 is 4.98 Å². The first kappa shape index (κ1) is 14.8. The van der Waals surface area contributed by atoms with E-state index >= 15 is 0 Å². The van der Waals surface area contributed by atoms with Crippen molar-refractivity contribution >= 4 is 40.1 Å². The number of aromatic amines is 1. The molecule has 118 valence electrons. The van der Waals surface area contributed by atoms with Crippen molar-refractivity contribution in [2.45, 2.75) is 4.90 Å². The number of aromatic nitrogens is 1. The van der Waals surface area contributed by atoms with Crippen molar-refractivity contribution in [3.8, 4) is 0 Å². The first-order chi connectivity index (χ1) is 11.7. The van der Waals surface area contributed by atoms with E-state index in [9.17, 15) is 9.59 Å². The maximum absolute atomic E-state index is 12.7. The lowest BCUT2D eigenvalue weighted by Crippen LogP contribution is -2.26. The van der Waals surface area contributed by atoms with E-state index in [0.29, 0.717) is 10.5 Å². The molecule has 1 N–H and O–H groups in total. The Morgan fingerprint density at radius 1 is 0.917 bits per heavy atom. The number of carbonyl (C=O) groups excluding carboxylic acids is 2. The highest BCUT2D eigenvalue weighted by molar-refractivity contribution is 8.04. The quantitative estimate of drug-likeness (QED) is 0.744. The molecule has 1 aliphatic heterocycles. The average molecular weight is 334 g/mol. The van der Waals surface area contributed by atoms with E-state index in [-0.39, 0.29) is 11.8 Å². The van der Waals surface area contributed by atoms with Gasteiger partial charge in [-0.15, -0.1) is 0 Å². The summed E-state index contributed by atoms with van der Waals surface area (Å²) in [6.07, 6.45) is 1.80. The number of nitrogens with one attached hydrogen (secondary N) is 1. The molecule has 0 saturated carbocycles.